The molecule has 0 spiro atoms. The van der Waals surface area contributed by atoms with E-state index in [0.29, 0.717) is 17.9 Å². The molecule has 1 N–H and O–H groups in total. The first-order valence-electron chi connectivity index (χ1n) is 13.0. The molecule has 1 saturated carbocycles. The Morgan fingerprint density at radius 3 is 2.45 bits per heavy atom. The summed E-state index contributed by atoms with van der Waals surface area (Å²) in [6.45, 7) is 3.44. The van der Waals surface area contributed by atoms with E-state index in [1.807, 2.05) is 38.1 Å². The molecule has 2 amide bonds. The van der Waals surface area contributed by atoms with Crippen LogP contribution >= 0.6 is 15.9 Å². The van der Waals surface area contributed by atoms with Gasteiger partial charge in [-0.15, -0.1) is 0 Å². The highest BCUT2D eigenvalue weighted by Gasteiger charge is 2.33. The second-order valence-electron chi connectivity index (χ2n) is 9.84. The number of nitrogens with one attached hydrogen (secondary N) is 1. The molecule has 1 aliphatic rings. The zero-order valence-electron chi connectivity index (χ0n) is 22.6. The molecule has 1 unspecified atom stereocenters. The van der Waals surface area contributed by atoms with Crippen molar-refractivity contribution in [3.05, 3.63) is 58.1 Å². The fourth-order valence-corrected chi connectivity index (χ4v) is 5.92. The standard InChI is InChI=1S/C28H38BrN3O5S/c1-5-26(28(34)30-22-11-7-6-8-12-22)31(18-21-10-9-13-24(17-21)37-3)27(33)19-32(38(4,35)36)23-14-15-25(29)20(2)16-23/h9-10,13-17,22,26H,5-8,11-12,18-19H2,1-4H3,(H,30,34). The second kappa shape index (κ2) is 13.5. The number of sulfonamides is 1. The van der Waals surface area contributed by atoms with Crippen molar-refractivity contribution >= 4 is 43.5 Å². The Morgan fingerprint density at radius 1 is 1.13 bits per heavy atom. The molecule has 0 heterocycles. The maximum absolute atomic E-state index is 13.9. The minimum Gasteiger partial charge on any atom is -0.497 e. The van der Waals surface area contributed by atoms with Gasteiger partial charge >= 0.3 is 0 Å². The van der Waals surface area contributed by atoms with Gasteiger partial charge in [0.25, 0.3) is 0 Å². The van der Waals surface area contributed by atoms with Crippen LogP contribution < -0.4 is 14.4 Å². The van der Waals surface area contributed by atoms with Gasteiger partial charge in [0, 0.05) is 17.1 Å². The molecule has 38 heavy (non-hydrogen) atoms. The molecule has 0 aliphatic heterocycles. The first-order chi connectivity index (χ1) is 18.0. The van der Waals surface area contributed by atoms with Gasteiger partial charge in [-0.1, -0.05) is 54.2 Å². The molecule has 208 valence electrons. The Kier molecular flexibility index (Phi) is 10.6. The number of anilines is 1. The highest BCUT2D eigenvalue weighted by atomic mass is 79.9. The van der Waals surface area contributed by atoms with Crippen molar-refractivity contribution in [3.8, 4) is 5.75 Å². The summed E-state index contributed by atoms with van der Waals surface area (Å²) >= 11 is 3.44. The van der Waals surface area contributed by atoms with E-state index in [-0.39, 0.29) is 18.5 Å². The van der Waals surface area contributed by atoms with Gasteiger partial charge in [0.1, 0.15) is 18.3 Å². The minimum atomic E-state index is -3.79. The van der Waals surface area contributed by atoms with Crippen LogP contribution in [0.2, 0.25) is 0 Å². The van der Waals surface area contributed by atoms with Crippen LogP contribution in [-0.4, -0.2) is 57.1 Å². The Hall–Kier alpha value is -2.59. The van der Waals surface area contributed by atoms with Gasteiger partial charge < -0.3 is 15.0 Å². The molecular weight excluding hydrogens is 570 g/mol. The third-order valence-corrected chi connectivity index (χ3v) is 8.96. The van der Waals surface area contributed by atoms with Crippen LogP contribution in [0, 0.1) is 6.92 Å². The van der Waals surface area contributed by atoms with Crippen molar-refractivity contribution in [1.82, 2.24) is 10.2 Å². The summed E-state index contributed by atoms with van der Waals surface area (Å²) in [6.07, 6.45) is 6.64. The number of aryl methyl sites for hydroxylation is 1. The lowest BCUT2D eigenvalue weighted by Crippen LogP contribution is -2.53. The molecule has 3 rings (SSSR count). The van der Waals surface area contributed by atoms with E-state index in [9.17, 15) is 18.0 Å². The van der Waals surface area contributed by atoms with Crippen LogP contribution in [0.1, 0.15) is 56.6 Å². The number of nitrogens with zero attached hydrogens (tertiary/aromatic N) is 2. The first kappa shape index (κ1) is 30.0. The Labute approximate surface area is 234 Å². The lowest BCUT2D eigenvalue weighted by molar-refractivity contribution is -0.140. The summed E-state index contributed by atoms with van der Waals surface area (Å²) in [4.78, 5) is 28.8. The fourth-order valence-electron chi connectivity index (χ4n) is 4.83. The van der Waals surface area contributed by atoms with Crippen LogP contribution in [0.3, 0.4) is 0 Å². The quantitative estimate of drug-likeness (QED) is 0.396. The van der Waals surface area contributed by atoms with E-state index in [1.54, 1.807) is 25.3 Å². The SMILES string of the molecule is CCC(C(=O)NC1CCCCC1)N(Cc1cccc(OC)c1)C(=O)CN(c1ccc(Br)c(C)c1)S(C)(=O)=O. The van der Waals surface area contributed by atoms with Gasteiger partial charge in [-0.2, -0.15) is 0 Å². The molecule has 2 aromatic carbocycles. The number of hydrogen-bond donors (Lipinski definition) is 1. The predicted molar refractivity (Wildman–Crippen MR) is 154 cm³/mol. The molecule has 0 radical (unpaired) electrons. The Balaban J connectivity index is 1.94. The minimum absolute atomic E-state index is 0.0948. The second-order valence-corrected chi connectivity index (χ2v) is 12.6. The van der Waals surface area contributed by atoms with Gasteiger partial charge in [0.2, 0.25) is 21.8 Å². The lowest BCUT2D eigenvalue weighted by Gasteiger charge is -2.34. The third-order valence-electron chi connectivity index (χ3n) is 6.93. The topological polar surface area (TPSA) is 96.0 Å². The van der Waals surface area contributed by atoms with Crippen molar-refractivity contribution in [3.63, 3.8) is 0 Å². The third kappa shape index (κ3) is 7.96. The van der Waals surface area contributed by atoms with E-state index in [0.717, 1.165) is 51.8 Å². The van der Waals surface area contributed by atoms with Crippen LogP contribution in [0.15, 0.2) is 46.9 Å². The van der Waals surface area contributed by atoms with Crippen molar-refractivity contribution in [1.29, 1.82) is 0 Å². The van der Waals surface area contributed by atoms with Crippen LogP contribution in [0.25, 0.3) is 0 Å². The maximum Gasteiger partial charge on any atom is 0.244 e. The fraction of sp³-hybridized carbons (Fsp3) is 0.500. The molecule has 8 nitrogen and oxygen atoms in total. The summed E-state index contributed by atoms with van der Waals surface area (Å²) in [7, 11) is -2.22. The van der Waals surface area contributed by atoms with Gasteiger partial charge in [-0.25, -0.2) is 8.42 Å². The average Bonchev–Trinajstić information content (AvgIpc) is 2.88. The summed E-state index contributed by atoms with van der Waals surface area (Å²) in [5.74, 6) is -0.0248. The highest BCUT2D eigenvalue weighted by molar-refractivity contribution is 9.10. The Morgan fingerprint density at radius 2 is 1.84 bits per heavy atom. The first-order valence-corrected chi connectivity index (χ1v) is 15.6. The van der Waals surface area contributed by atoms with Gasteiger partial charge in [0.05, 0.1) is 19.1 Å². The summed E-state index contributed by atoms with van der Waals surface area (Å²) in [6, 6.07) is 11.8. The number of halogens is 1. The number of carbonyl (C=O) groups excluding carboxylic acids is 2. The van der Waals surface area contributed by atoms with Crippen LogP contribution in [0.4, 0.5) is 5.69 Å². The van der Waals surface area contributed by atoms with Gasteiger partial charge in [-0.05, 0) is 67.6 Å². The molecule has 0 aromatic heterocycles. The van der Waals surface area contributed by atoms with Gasteiger partial charge in [-0.3, -0.25) is 13.9 Å². The van der Waals surface area contributed by atoms with E-state index in [2.05, 4.69) is 21.2 Å². The molecule has 2 aromatic rings. The van der Waals surface area contributed by atoms with Crippen molar-refractivity contribution < 1.29 is 22.7 Å². The highest BCUT2D eigenvalue weighted by Crippen LogP contribution is 2.26. The number of methoxy groups -OCH3 is 1. The molecule has 0 bridgehead atoms. The van der Waals surface area contributed by atoms with Crippen LogP contribution in [-0.2, 0) is 26.2 Å². The molecule has 10 heteroatoms. The monoisotopic (exact) mass is 607 g/mol. The number of amides is 2. The summed E-state index contributed by atoms with van der Waals surface area (Å²) < 4.78 is 32.9. The molecule has 0 saturated heterocycles. The lowest BCUT2D eigenvalue weighted by atomic mass is 9.95. The maximum atomic E-state index is 13.9. The summed E-state index contributed by atoms with van der Waals surface area (Å²) in [5.41, 5.74) is 2.02. The zero-order valence-corrected chi connectivity index (χ0v) is 25.0. The van der Waals surface area contributed by atoms with Crippen LogP contribution in [0.5, 0.6) is 5.75 Å². The smallest absolute Gasteiger partial charge is 0.244 e. The number of benzene rings is 2. The van der Waals surface area contributed by atoms with E-state index in [4.69, 9.17) is 4.74 Å². The molecular formula is C28H38BrN3O5S. The van der Waals surface area contributed by atoms with Gasteiger partial charge in [0.15, 0.2) is 0 Å². The molecule has 1 atom stereocenters. The number of ether oxygens (including phenoxy) is 1. The van der Waals surface area contributed by atoms with E-state index < -0.39 is 28.5 Å². The Bertz CT molecular complexity index is 1230. The molecule has 1 aliphatic carbocycles. The van der Waals surface area contributed by atoms with E-state index in [1.165, 1.54) is 11.3 Å². The van der Waals surface area contributed by atoms with E-state index >= 15 is 0 Å². The normalized spacial score (nSPS) is 15.0. The molecule has 1 fully saturated rings. The van der Waals surface area contributed by atoms with Crippen molar-refractivity contribution in [2.75, 3.05) is 24.2 Å². The summed E-state index contributed by atoms with van der Waals surface area (Å²) in [5, 5.41) is 3.15. The van der Waals surface area contributed by atoms with Crippen molar-refractivity contribution in [2.24, 2.45) is 0 Å². The predicted octanol–water partition coefficient (Wildman–Crippen LogP) is 4.79. The number of rotatable bonds is 11. The average molecular weight is 609 g/mol. The largest absolute Gasteiger partial charge is 0.497 e. The number of hydrogen-bond acceptors (Lipinski definition) is 5. The van der Waals surface area contributed by atoms with Crippen molar-refractivity contribution in [2.45, 2.75) is 71.0 Å². The number of carbonyl (C=O) groups is 2. The zero-order chi connectivity index (χ0) is 27.9.